The molecule has 2 aromatic rings. The number of halogens is 1. The van der Waals surface area contributed by atoms with Gasteiger partial charge in [0.05, 0.1) is 10.7 Å². The molecular formula is C16H17ClN2O. The monoisotopic (exact) mass is 288 g/mol. The van der Waals surface area contributed by atoms with Crippen LogP contribution in [-0.4, -0.2) is 12.5 Å². The third kappa shape index (κ3) is 2.94. The molecule has 0 bridgehead atoms. The van der Waals surface area contributed by atoms with Gasteiger partial charge in [0.15, 0.2) is 0 Å². The van der Waals surface area contributed by atoms with Crippen LogP contribution in [0.5, 0.6) is 0 Å². The van der Waals surface area contributed by atoms with Gasteiger partial charge in [-0.05, 0) is 44.2 Å². The van der Waals surface area contributed by atoms with Crippen LogP contribution < -0.4 is 10.6 Å². The topological polar surface area (TPSA) is 46.3 Å². The molecule has 20 heavy (non-hydrogen) atoms. The van der Waals surface area contributed by atoms with Crippen molar-refractivity contribution >= 4 is 28.9 Å². The fraction of sp³-hybridized carbons (Fsp3) is 0.188. The average molecular weight is 289 g/mol. The van der Waals surface area contributed by atoms with Crippen LogP contribution in [0.3, 0.4) is 0 Å². The van der Waals surface area contributed by atoms with Crippen LogP contribution >= 0.6 is 11.6 Å². The highest BCUT2D eigenvalue weighted by molar-refractivity contribution is 6.33. The molecule has 2 N–H and O–H groups in total. The first-order chi connectivity index (χ1) is 9.52. The zero-order valence-electron chi connectivity index (χ0n) is 11.6. The number of carbonyl (C=O) groups excluding carboxylic acids is 1. The minimum Gasteiger partial charge on any atom is -0.398 e. The average Bonchev–Trinajstić information content (AvgIpc) is 2.44. The van der Waals surface area contributed by atoms with Crippen molar-refractivity contribution in [2.24, 2.45) is 0 Å². The van der Waals surface area contributed by atoms with Crippen LogP contribution in [0.25, 0.3) is 0 Å². The summed E-state index contributed by atoms with van der Waals surface area (Å²) in [6.07, 6.45) is 0. The molecule has 3 nitrogen and oxygen atoms in total. The number of rotatable bonds is 3. The van der Waals surface area contributed by atoms with Gasteiger partial charge in [-0.15, -0.1) is 0 Å². The minimum atomic E-state index is -0.0836. The normalized spacial score (nSPS) is 10.3. The lowest BCUT2D eigenvalue weighted by Gasteiger charge is -2.21. The molecule has 0 aliphatic rings. The number of hydrogen-bond acceptors (Lipinski definition) is 2. The highest BCUT2D eigenvalue weighted by Crippen LogP contribution is 2.23. The zero-order chi connectivity index (χ0) is 14.7. The molecule has 104 valence electrons. The van der Waals surface area contributed by atoms with E-state index in [0.29, 0.717) is 22.8 Å². The summed E-state index contributed by atoms with van der Waals surface area (Å²) in [5.41, 5.74) is 8.74. The van der Waals surface area contributed by atoms with Crippen molar-refractivity contribution in [1.29, 1.82) is 0 Å². The van der Waals surface area contributed by atoms with Gasteiger partial charge in [0.2, 0.25) is 0 Å². The standard InChI is InChI=1S/C16H17ClN2O/c1-3-19(13-7-4-11(2)5-8-13)16(20)12-6-9-14(17)15(18)10-12/h4-10H,3,18H2,1-2H3. The molecule has 0 aromatic heterocycles. The molecule has 0 fully saturated rings. The number of aryl methyl sites for hydroxylation is 1. The van der Waals surface area contributed by atoms with Gasteiger partial charge in [-0.1, -0.05) is 29.3 Å². The van der Waals surface area contributed by atoms with Gasteiger partial charge in [-0.3, -0.25) is 4.79 Å². The fourth-order valence-corrected chi connectivity index (χ4v) is 2.12. The molecule has 0 spiro atoms. The SMILES string of the molecule is CCN(C(=O)c1ccc(Cl)c(N)c1)c1ccc(C)cc1. The van der Waals surface area contributed by atoms with Crippen LogP contribution in [0.1, 0.15) is 22.8 Å². The van der Waals surface area contributed by atoms with E-state index in [1.807, 2.05) is 38.1 Å². The maximum Gasteiger partial charge on any atom is 0.258 e. The molecule has 2 aromatic carbocycles. The quantitative estimate of drug-likeness (QED) is 0.871. The maximum atomic E-state index is 12.6. The van der Waals surface area contributed by atoms with E-state index in [1.165, 1.54) is 0 Å². The van der Waals surface area contributed by atoms with Gasteiger partial charge in [0, 0.05) is 17.8 Å². The van der Waals surface area contributed by atoms with Gasteiger partial charge in [-0.25, -0.2) is 0 Å². The Morgan fingerprint density at radius 1 is 1.20 bits per heavy atom. The summed E-state index contributed by atoms with van der Waals surface area (Å²) < 4.78 is 0. The van der Waals surface area contributed by atoms with Crippen molar-refractivity contribution in [2.45, 2.75) is 13.8 Å². The Hall–Kier alpha value is -2.00. The number of benzene rings is 2. The van der Waals surface area contributed by atoms with Crippen molar-refractivity contribution in [1.82, 2.24) is 0 Å². The molecule has 0 unspecified atom stereocenters. The number of nitrogen functional groups attached to an aromatic ring is 1. The highest BCUT2D eigenvalue weighted by atomic mass is 35.5. The Kier molecular flexibility index (Phi) is 4.30. The Balaban J connectivity index is 2.33. The summed E-state index contributed by atoms with van der Waals surface area (Å²) in [5.74, 6) is -0.0836. The van der Waals surface area contributed by atoms with E-state index in [4.69, 9.17) is 17.3 Å². The second kappa shape index (κ2) is 5.97. The summed E-state index contributed by atoms with van der Waals surface area (Å²) in [6, 6.07) is 12.8. The number of anilines is 2. The summed E-state index contributed by atoms with van der Waals surface area (Å²) in [7, 11) is 0. The summed E-state index contributed by atoms with van der Waals surface area (Å²) in [5, 5.41) is 0.458. The molecule has 0 atom stereocenters. The second-order valence-corrected chi connectivity index (χ2v) is 5.03. The highest BCUT2D eigenvalue weighted by Gasteiger charge is 2.16. The van der Waals surface area contributed by atoms with E-state index in [9.17, 15) is 4.79 Å². The molecule has 0 saturated heterocycles. The Morgan fingerprint density at radius 3 is 2.40 bits per heavy atom. The minimum absolute atomic E-state index is 0.0836. The predicted molar refractivity (Wildman–Crippen MR) is 84.4 cm³/mol. The van der Waals surface area contributed by atoms with Crippen LogP contribution in [0, 0.1) is 6.92 Å². The molecule has 2 rings (SSSR count). The zero-order valence-corrected chi connectivity index (χ0v) is 12.3. The first-order valence-electron chi connectivity index (χ1n) is 6.46. The lowest BCUT2D eigenvalue weighted by molar-refractivity contribution is 0.0988. The van der Waals surface area contributed by atoms with Gasteiger partial charge >= 0.3 is 0 Å². The van der Waals surface area contributed by atoms with Gasteiger partial charge in [0.25, 0.3) is 5.91 Å². The van der Waals surface area contributed by atoms with Crippen LogP contribution in [0.2, 0.25) is 5.02 Å². The van der Waals surface area contributed by atoms with E-state index < -0.39 is 0 Å². The first kappa shape index (κ1) is 14.4. The molecule has 4 heteroatoms. The smallest absolute Gasteiger partial charge is 0.258 e. The van der Waals surface area contributed by atoms with Crippen LogP contribution in [0.4, 0.5) is 11.4 Å². The van der Waals surface area contributed by atoms with Crippen molar-refractivity contribution in [3.8, 4) is 0 Å². The Labute approximate surface area is 124 Å². The van der Waals surface area contributed by atoms with E-state index in [1.54, 1.807) is 23.1 Å². The van der Waals surface area contributed by atoms with Crippen molar-refractivity contribution in [2.75, 3.05) is 17.2 Å². The number of amides is 1. The molecule has 0 saturated carbocycles. The Morgan fingerprint density at radius 2 is 1.85 bits per heavy atom. The van der Waals surface area contributed by atoms with Crippen molar-refractivity contribution in [3.05, 3.63) is 58.6 Å². The van der Waals surface area contributed by atoms with E-state index in [2.05, 4.69) is 0 Å². The number of nitrogens with two attached hydrogens (primary N) is 1. The van der Waals surface area contributed by atoms with E-state index in [0.717, 1.165) is 11.3 Å². The van der Waals surface area contributed by atoms with E-state index in [-0.39, 0.29) is 5.91 Å². The Bertz CT molecular complexity index is 623. The summed E-state index contributed by atoms with van der Waals surface area (Å²) >= 11 is 5.88. The lowest BCUT2D eigenvalue weighted by atomic mass is 10.1. The van der Waals surface area contributed by atoms with Gasteiger partial charge in [-0.2, -0.15) is 0 Å². The number of carbonyl (C=O) groups is 1. The molecular weight excluding hydrogens is 272 g/mol. The van der Waals surface area contributed by atoms with Gasteiger partial charge < -0.3 is 10.6 Å². The van der Waals surface area contributed by atoms with Crippen LogP contribution in [-0.2, 0) is 0 Å². The molecule has 0 aliphatic carbocycles. The molecule has 0 heterocycles. The largest absolute Gasteiger partial charge is 0.398 e. The fourth-order valence-electron chi connectivity index (χ4n) is 2.00. The predicted octanol–water partition coefficient (Wildman–Crippen LogP) is 3.90. The molecule has 1 amide bonds. The molecule has 0 radical (unpaired) electrons. The first-order valence-corrected chi connectivity index (χ1v) is 6.84. The maximum absolute atomic E-state index is 12.6. The lowest BCUT2D eigenvalue weighted by Crippen LogP contribution is -2.30. The number of hydrogen-bond donors (Lipinski definition) is 1. The third-order valence-electron chi connectivity index (χ3n) is 3.15. The van der Waals surface area contributed by atoms with Gasteiger partial charge in [0.1, 0.15) is 0 Å². The van der Waals surface area contributed by atoms with Crippen LogP contribution in [0.15, 0.2) is 42.5 Å². The summed E-state index contributed by atoms with van der Waals surface area (Å²) in [4.78, 5) is 14.3. The molecule has 0 aliphatic heterocycles. The second-order valence-electron chi connectivity index (χ2n) is 4.62. The number of nitrogens with zero attached hydrogens (tertiary/aromatic N) is 1. The van der Waals surface area contributed by atoms with E-state index >= 15 is 0 Å². The third-order valence-corrected chi connectivity index (χ3v) is 3.49. The summed E-state index contributed by atoms with van der Waals surface area (Å²) in [6.45, 7) is 4.54. The van der Waals surface area contributed by atoms with Crippen molar-refractivity contribution in [3.63, 3.8) is 0 Å². The van der Waals surface area contributed by atoms with Crippen molar-refractivity contribution < 1.29 is 4.79 Å².